The van der Waals surface area contributed by atoms with Crippen molar-refractivity contribution in [3.63, 3.8) is 0 Å². The molecule has 2 fully saturated rings. The molecule has 2 amide bonds. The molecule has 3 N–H and O–H groups in total. The Morgan fingerprint density at radius 2 is 1.89 bits per heavy atom. The zero-order valence-electron chi connectivity index (χ0n) is 15.3. The molecule has 1 aromatic carbocycles. The number of hydrogen-bond acceptors (Lipinski definition) is 4. The quantitative estimate of drug-likeness (QED) is 0.675. The summed E-state index contributed by atoms with van der Waals surface area (Å²) >= 11 is 0. The van der Waals surface area contributed by atoms with Crippen LogP contribution in [-0.4, -0.2) is 48.3 Å². The second-order valence-corrected chi connectivity index (χ2v) is 7.35. The number of rotatable bonds is 7. The third-order valence-corrected chi connectivity index (χ3v) is 5.46. The molecule has 1 aromatic rings. The number of aliphatic hydroxyl groups is 1. The first-order valence-electron chi connectivity index (χ1n) is 9.67. The van der Waals surface area contributed by atoms with Crippen LogP contribution in [0, 0.1) is 11.7 Å². The Bertz CT molecular complexity index is 648. The topological polar surface area (TPSA) is 87.7 Å². The van der Waals surface area contributed by atoms with Crippen molar-refractivity contribution in [2.24, 2.45) is 5.92 Å². The smallest absolute Gasteiger partial charge is 0.251 e. The van der Waals surface area contributed by atoms with Crippen molar-refractivity contribution < 1.29 is 23.8 Å². The van der Waals surface area contributed by atoms with Gasteiger partial charge in [0.05, 0.1) is 18.8 Å². The fourth-order valence-corrected chi connectivity index (χ4v) is 3.53. The fourth-order valence-electron chi connectivity index (χ4n) is 3.53. The van der Waals surface area contributed by atoms with E-state index in [4.69, 9.17) is 4.74 Å². The summed E-state index contributed by atoms with van der Waals surface area (Å²) in [5.74, 6) is -0.451. The number of aliphatic hydroxyl groups excluding tert-OH is 1. The average Bonchev–Trinajstić information content (AvgIpc) is 2.61. The number of carbonyl (C=O) groups excluding carboxylic acids is 2. The largest absolute Gasteiger partial charge is 0.394 e. The van der Waals surface area contributed by atoms with Gasteiger partial charge in [-0.1, -0.05) is 6.42 Å². The van der Waals surface area contributed by atoms with E-state index in [1.54, 1.807) is 0 Å². The van der Waals surface area contributed by atoms with Crippen LogP contribution in [0.25, 0.3) is 0 Å². The molecule has 0 bridgehead atoms. The number of halogens is 1. The van der Waals surface area contributed by atoms with Gasteiger partial charge in [0.25, 0.3) is 5.91 Å². The first-order valence-corrected chi connectivity index (χ1v) is 9.67. The molecule has 0 radical (unpaired) electrons. The van der Waals surface area contributed by atoms with Gasteiger partial charge in [0.1, 0.15) is 11.9 Å². The monoisotopic (exact) mass is 378 g/mol. The van der Waals surface area contributed by atoms with E-state index in [1.807, 2.05) is 0 Å². The number of nitrogens with one attached hydrogen (secondary N) is 2. The molecule has 27 heavy (non-hydrogen) atoms. The maximum absolute atomic E-state index is 12.9. The lowest BCUT2D eigenvalue weighted by atomic mass is 9.84. The van der Waals surface area contributed by atoms with Crippen LogP contribution < -0.4 is 10.6 Å². The SMILES string of the molecule is O=C(NCC[C@H]1CC[C@H](NC(=O)C2CCC2)[C@H](CO)O1)c1ccc(F)cc1. The Morgan fingerprint density at radius 3 is 2.52 bits per heavy atom. The van der Waals surface area contributed by atoms with E-state index >= 15 is 0 Å². The molecule has 148 valence electrons. The van der Waals surface area contributed by atoms with Crippen molar-refractivity contribution in [1.82, 2.24) is 10.6 Å². The van der Waals surface area contributed by atoms with Gasteiger partial charge >= 0.3 is 0 Å². The van der Waals surface area contributed by atoms with Crippen LogP contribution in [0.1, 0.15) is 48.9 Å². The lowest BCUT2D eigenvalue weighted by Gasteiger charge is -2.37. The highest BCUT2D eigenvalue weighted by Crippen LogP contribution is 2.28. The summed E-state index contributed by atoms with van der Waals surface area (Å²) in [6.45, 7) is 0.284. The zero-order valence-corrected chi connectivity index (χ0v) is 15.3. The molecular weight excluding hydrogens is 351 g/mol. The van der Waals surface area contributed by atoms with Gasteiger partial charge in [-0.05, 0) is 56.4 Å². The zero-order chi connectivity index (χ0) is 19.2. The maximum Gasteiger partial charge on any atom is 0.251 e. The molecule has 7 heteroatoms. The highest BCUT2D eigenvalue weighted by molar-refractivity contribution is 5.94. The Hall–Kier alpha value is -1.99. The Kier molecular flexibility index (Phi) is 6.79. The second-order valence-electron chi connectivity index (χ2n) is 7.35. The van der Waals surface area contributed by atoms with E-state index < -0.39 is 6.10 Å². The molecule has 1 heterocycles. The van der Waals surface area contributed by atoms with Crippen LogP contribution in [0.5, 0.6) is 0 Å². The van der Waals surface area contributed by atoms with Gasteiger partial charge in [-0.2, -0.15) is 0 Å². The number of hydrogen-bond donors (Lipinski definition) is 3. The minimum absolute atomic E-state index is 0.0679. The van der Waals surface area contributed by atoms with E-state index in [-0.39, 0.29) is 42.3 Å². The number of ether oxygens (including phenoxy) is 1. The van der Waals surface area contributed by atoms with Crippen molar-refractivity contribution in [1.29, 1.82) is 0 Å². The van der Waals surface area contributed by atoms with Gasteiger partial charge in [0.15, 0.2) is 0 Å². The normalized spacial score (nSPS) is 25.5. The van der Waals surface area contributed by atoms with Crippen LogP contribution in [0.2, 0.25) is 0 Å². The van der Waals surface area contributed by atoms with Crippen LogP contribution in [-0.2, 0) is 9.53 Å². The lowest BCUT2D eigenvalue weighted by Crippen LogP contribution is -2.53. The lowest BCUT2D eigenvalue weighted by molar-refractivity contribution is -0.134. The van der Waals surface area contributed by atoms with Gasteiger partial charge in [-0.3, -0.25) is 9.59 Å². The molecule has 0 spiro atoms. The van der Waals surface area contributed by atoms with E-state index in [9.17, 15) is 19.1 Å². The molecule has 1 saturated heterocycles. The third-order valence-electron chi connectivity index (χ3n) is 5.46. The number of amides is 2. The molecule has 3 atom stereocenters. The fraction of sp³-hybridized carbons (Fsp3) is 0.600. The van der Waals surface area contributed by atoms with Crippen molar-refractivity contribution in [2.45, 2.75) is 56.8 Å². The highest BCUT2D eigenvalue weighted by Gasteiger charge is 2.34. The summed E-state index contributed by atoms with van der Waals surface area (Å²) in [6, 6.07) is 5.23. The van der Waals surface area contributed by atoms with E-state index in [1.165, 1.54) is 24.3 Å². The minimum atomic E-state index is -0.416. The molecular formula is C20H27FN2O4. The van der Waals surface area contributed by atoms with E-state index in [0.29, 0.717) is 18.5 Å². The van der Waals surface area contributed by atoms with Crippen molar-refractivity contribution in [3.05, 3.63) is 35.6 Å². The Balaban J connectivity index is 1.40. The average molecular weight is 378 g/mol. The summed E-state index contributed by atoms with van der Waals surface area (Å²) in [7, 11) is 0. The van der Waals surface area contributed by atoms with Gasteiger partial charge in [-0.25, -0.2) is 4.39 Å². The number of benzene rings is 1. The molecule has 2 aliphatic rings. The molecule has 1 saturated carbocycles. The summed E-state index contributed by atoms with van der Waals surface area (Å²) in [4.78, 5) is 24.1. The van der Waals surface area contributed by atoms with E-state index in [0.717, 1.165) is 32.1 Å². The van der Waals surface area contributed by atoms with Gasteiger partial charge in [-0.15, -0.1) is 0 Å². The van der Waals surface area contributed by atoms with Gasteiger partial charge in [0, 0.05) is 18.0 Å². The van der Waals surface area contributed by atoms with Crippen LogP contribution in [0.15, 0.2) is 24.3 Å². The second kappa shape index (κ2) is 9.28. The molecule has 1 aliphatic carbocycles. The first-order chi connectivity index (χ1) is 13.1. The van der Waals surface area contributed by atoms with E-state index in [2.05, 4.69) is 10.6 Å². The van der Waals surface area contributed by atoms with Crippen molar-refractivity contribution in [3.8, 4) is 0 Å². The minimum Gasteiger partial charge on any atom is -0.394 e. The molecule has 3 rings (SSSR count). The predicted octanol–water partition coefficient (Wildman–Crippen LogP) is 1.77. The number of carbonyl (C=O) groups is 2. The summed E-state index contributed by atoms with van der Waals surface area (Å²) < 4.78 is 18.8. The van der Waals surface area contributed by atoms with Crippen molar-refractivity contribution in [2.75, 3.05) is 13.2 Å². The molecule has 6 nitrogen and oxygen atoms in total. The summed E-state index contributed by atoms with van der Waals surface area (Å²) in [5, 5.41) is 15.4. The first kappa shape index (κ1) is 19.8. The predicted molar refractivity (Wildman–Crippen MR) is 97.6 cm³/mol. The summed E-state index contributed by atoms with van der Waals surface area (Å²) in [6.07, 6.45) is 4.63. The van der Waals surface area contributed by atoms with Crippen molar-refractivity contribution >= 4 is 11.8 Å². The van der Waals surface area contributed by atoms with Crippen LogP contribution in [0.3, 0.4) is 0 Å². The highest BCUT2D eigenvalue weighted by atomic mass is 19.1. The van der Waals surface area contributed by atoms with Gasteiger partial charge in [0.2, 0.25) is 5.91 Å². The molecule has 1 aliphatic heterocycles. The standard InChI is InChI=1S/C20H27FN2O4/c21-15-6-4-14(5-7-15)19(25)22-11-10-16-8-9-17(18(12-24)27-16)23-20(26)13-2-1-3-13/h4-7,13,16-18,24H,1-3,8-12H2,(H,22,25)(H,23,26)/t16-,17+,18+/m1/s1. The maximum atomic E-state index is 12.9. The summed E-state index contributed by atoms with van der Waals surface area (Å²) in [5.41, 5.74) is 0.410. The van der Waals surface area contributed by atoms with Crippen LogP contribution in [0.4, 0.5) is 4.39 Å². The third kappa shape index (κ3) is 5.26. The van der Waals surface area contributed by atoms with Crippen LogP contribution >= 0.6 is 0 Å². The Labute approximate surface area is 158 Å². The Morgan fingerprint density at radius 1 is 1.15 bits per heavy atom. The molecule has 0 unspecified atom stereocenters. The molecule has 0 aromatic heterocycles. The van der Waals surface area contributed by atoms with Gasteiger partial charge < -0.3 is 20.5 Å².